The first-order valence-corrected chi connectivity index (χ1v) is 6.29. The van der Waals surface area contributed by atoms with E-state index in [9.17, 15) is 4.79 Å². The van der Waals surface area contributed by atoms with Gasteiger partial charge >= 0.3 is 0 Å². The Balaban J connectivity index is 2.15. The molecule has 0 radical (unpaired) electrons. The highest BCUT2D eigenvalue weighted by Crippen LogP contribution is 2.14. The zero-order valence-corrected chi connectivity index (χ0v) is 11.2. The lowest BCUT2D eigenvalue weighted by atomic mass is 10.1. The second kappa shape index (κ2) is 5.21. The summed E-state index contributed by atoms with van der Waals surface area (Å²) in [4.78, 5) is 10.9. The number of hydrogen-bond donors (Lipinski definition) is 0. The van der Waals surface area contributed by atoms with Gasteiger partial charge < -0.3 is 4.57 Å². The number of carbonyl (C=O) groups excluding carboxylic acids is 1. The van der Waals surface area contributed by atoms with Gasteiger partial charge in [0.25, 0.3) is 0 Å². The van der Waals surface area contributed by atoms with E-state index in [0.29, 0.717) is 0 Å². The van der Waals surface area contributed by atoms with Crippen molar-refractivity contribution in [2.75, 3.05) is 0 Å². The quantitative estimate of drug-likeness (QED) is 0.751. The minimum atomic E-state index is 0.803. The number of aromatic nitrogens is 1. The minimum absolute atomic E-state index is 0.803. The van der Waals surface area contributed by atoms with Crippen LogP contribution in [0.15, 0.2) is 30.3 Å². The largest absolute Gasteiger partial charge is 0.348 e. The summed E-state index contributed by atoms with van der Waals surface area (Å²) in [5.41, 5.74) is 5.66. The second-order valence-electron chi connectivity index (χ2n) is 4.84. The van der Waals surface area contributed by atoms with Crippen molar-refractivity contribution < 1.29 is 4.79 Å². The van der Waals surface area contributed by atoms with Gasteiger partial charge in [0, 0.05) is 23.5 Å². The van der Waals surface area contributed by atoms with Crippen LogP contribution in [0, 0.1) is 20.8 Å². The SMILES string of the molecule is Cc1cccc(CCn2c(C)cc(C=O)c2C)c1. The summed E-state index contributed by atoms with van der Waals surface area (Å²) >= 11 is 0. The Hall–Kier alpha value is -1.83. The lowest BCUT2D eigenvalue weighted by Crippen LogP contribution is -2.05. The maximum atomic E-state index is 10.9. The Bertz CT molecular complexity index is 566. The van der Waals surface area contributed by atoms with Gasteiger partial charge in [0.15, 0.2) is 6.29 Å². The van der Waals surface area contributed by atoms with Crippen LogP contribution in [0.25, 0.3) is 0 Å². The molecule has 2 nitrogen and oxygen atoms in total. The van der Waals surface area contributed by atoms with Crippen LogP contribution in [-0.2, 0) is 13.0 Å². The van der Waals surface area contributed by atoms with Gasteiger partial charge in [-0.1, -0.05) is 29.8 Å². The summed E-state index contributed by atoms with van der Waals surface area (Å²) in [6, 6.07) is 10.5. The molecule has 1 aromatic carbocycles. The third kappa shape index (κ3) is 2.53. The number of aldehydes is 1. The van der Waals surface area contributed by atoms with Crippen molar-refractivity contribution in [3.63, 3.8) is 0 Å². The van der Waals surface area contributed by atoms with Crippen LogP contribution in [0.3, 0.4) is 0 Å². The van der Waals surface area contributed by atoms with Crippen LogP contribution < -0.4 is 0 Å². The maximum Gasteiger partial charge on any atom is 0.151 e. The molecular weight excluding hydrogens is 222 g/mol. The standard InChI is InChI=1S/C16H19NO/c1-12-5-4-6-15(9-12)7-8-17-13(2)10-16(11-18)14(17)3/h4-6,9-11H,7-8H2,1-3H3. The third-order valence-corrected chi connectivity index (χ3v) is 3.45. The second-order valence-corrected chi connectivity index (χ2v) is 4.84. The van der Waals surface area contributed by atoms with Gasteiger partial charge in [-0.15, -0.1) is 0 Å². The predicted octanol–water partition coefficient (Wildman–Crippen LogP) is 3.47. The van der Waals surface area contributed by atoms with Crippen LogP contribution in [0.1, 0.15) is 32.9 Å². The Morgan fingerprint density at radius 3 is 2.56 bits per heavy atom. The molecule has 94 valence electrons. The predicted molar refractivity (Wildman–Crippen MR) is 74.2 cm³/mol. The van der Waals surface area contributed by atoms with Crippen LogP contribution in [0.5, 0.6) is 0 Å². The summed E-state index contributed by atoms with van der Waals surface area (Å²) in [6.45, 7) is 7.10. The molecule has 2 rings (SSSR count). The van der Waals surface area contributed by atoms with Crippen LogP contribution in [-0.4, -0.2) is 10.9 Å². The Morgan fingerprint density at radius 2 is 1.94 bits per heavy atom. The van der Waals surface area contributed by atoms with Gasteiger partial charge in [-0.3, -0.25) is 4.79 Å². The molecule has 2 heteroatoms. The molecule has 0 unspecified atom stereocenters. The number of aryl methyl sites for hydroxylation is 3. The van der Waals surface area contributed by atoms with Crippen molar-refractivity contribution in [1.82, 2.24) is 4.57 Å². The summed E-state index contributed by atoms with van der Waals surface area (Å²) in [6.07, 6.45) is 1.93. The highest BCUT2D eigenvalue weighted by atomic mass is 16.1. The van der Waals surface area contributed by atoms with Gasteiger partial charge in [-0.05, 0) is 38.8 Å². The van der Waals surface area contributed by atoms with E-state index in [4.69, 9.17) is 0 Å². The highest BCUT2D eigenvalue weighted by Gasteiger charge is 2.07. The van der Waals surface area contributed by atoms with Crippen molar-refractivity contribution in [2.45, 2.75) is 33.7 Å². The number of hydrogen-bond acceptors (Lipinski definition) is 1. The van der Waals surface area contributed by atoms with Crippen molar-refractivity contribution in [2.24, 2.45) is 0 Å². The molecule has 0 fully saturated rings. The molecule has 0 saturated heterocycles. The van der Waals surface area contributed by atoms with Gasteiger partial charge in [0.2, 0.25) is 0 Å². The lowest BCUT2D eigenvalue weighted by molar-refractivity contribution is 0.112. The third-order valence-electron chi connectivity index (χ3n) is 3.45. The van der Waals surface area contributed by atoms with E-state index < -0.39 is 0 Å². The number of nitrogens with zero attached hydrogens (tertiary/aromatic N) is 1. The molecule has 0 bridgehead atoms. The van der Waals surface area contributed by atoms with Gasteiger partial charge in [-0.25, -0.2) is 0 Å². The van der Waals surface area contributed by atoms with E-state index in [2.05, 4.69) is 42.7 Å². The maximum absolute atomic E-state index is 10.9. The average Bonchev–Trinajstić information content (AvgIpc) is 2.62. The minimum Gasteiger partial charge on any atom is -0.348 e. The van der Waals surface area contributed by atoms with Crippen LogP contribution in [0.2, 0.25) is 0 Å². The fourth-order valence-corrected chi connectivity index (χ4v) is 2.40. The molecule has 18 heavy (non-hydrogen) atoms. The first-order chi connectivity index (χ1) is 8.61. The molecule has 0 saturated carbocycles. The summed E-state index contributed by atoms with van der Waals surface area (Å²) < 4.78 is 2.21. The lowest BCUT2D eigenvalue weighted by Gasteiger charge is -2.09. The first kappa shape index (κ1) is 12.6. The van der Waals surface area contributed by atoms with Gasteiger partial charge in [0.05, 0.1) is 0 Å². The molecule has 1 heterocycles. The van der Waals surface area contributed by atoms with Crippen molar-refractivity contribution in [1.29, 1.82) is 0 Å². The van der Waals surface area contributed by atoms with E-state index in [1.165, 1.54) is 11.1 Å². The molecule has 0 N–H and O–H groups in total. The molecular formula is C16H19NO. The number of benzene rings is 1. The van der Waals surface area contributed by atoms with Crippen LogP contribution >= 0.6 is 0 Å². The monoisotopic (exact) mass is 241 g/mol. The Labute approximate surface area is 108 Å². The summed E-state index contributed by atoms with van der Waals surface area (Å²) in [7, 11) is 0. The molecule has 0 spiro atoms. The fourth-order valence-electron chi connectivity index (χ4n) is 2.40. The van der Waals surface area contributed by atoms with Crippen molar-refractivity contribution >= 4 is 6.29 Å². The number of carbonyl (C=O) groups is 1. The molecule has 0 aliphatic rings. The van der Waals surface area contributed by atoms with Crippen molar-refractivity contribution in [3.8, 4) is 0 Å². The van der Waals surface area contributed by atoms with Gasteiger partial charge in [-0.2, -0.15) is 0 Å². The van der Waals surface area contributed by atoms with Crippen LogP contribution in [0.4, 0.5) is 0 Å². The highest BCUT2D eigenvalue weighted by molar-refractivity contribution is 5.77. The molecule has 1 aromatic heterocycles. The zero-order valence-electron chi connectivity index (χ0n) is 11.2. The summed E-state index contributed by atoms with van der Waals surface area (Å²) in [5.74, 6) is 0. The molecule has 0 amide bonds. The average molecular weight is 241 g/mol. The zero-order chi connectivity index (χ0) is 13.1. The van der Waals surface area contributed by atoms with Gasteiger partial charge in [0.1, 0.15) is 0 Å². The van der Waals surface area contributed by atoms with E-state index in [0.717, 1.165) is 36.2 Å². The van der Waals surface area contributed by atoms with E-state index >= 15 is 0 Å². The molecule has 0 aliphatic carbocycles. The Kier molecular flexibility index (Phi) is 3.66. The molecule has 0 atom stereocenters. The number of rotatable bonds is 4. The van der Waals surface area contributed by atoms with E-state index in [1.807, 2.05) is 13.0 Å². The van der Waals surface area contributed by atoms with Crippen molar-refractivity contribution in [3.05, 3.63) is 58.4 Å². The van der Waals surface area contributed by atoms with E-state index in [-0.39, 0.29) is 0 Å². The molecule has 0 aliphatic heterocycles. The molecule has 2 aromatic rings. The normalized spacial score (nSPS) is 10.6. The Morgan fingerprint density at radius 1 is 1.17 bits per heavy atom. The first-order valence-electron chi connectivity index (χ1n) is 6.29. The topological polar surface area (TPSA) is 22.0 Å². The smallest absolute Gasteiger partial charge is 0.151 e. The summed E-state index contributed by atoms with van der Waals surface area (Å²) in [5, 5.41) is 0. The fraction of sp³-hybridized carbons (Fsp3) is 0.312. The van der Waals surface area contributed by atoms with E-state index in [1.54, 1.807) is 0 Å².